The van der Waals surface area contributed by atoms with Gasteiger partial charge in [0.05, 0.1) is 0 Å². The average molecular weight is 230 g/mol. The molecule has 15 heavy (non-hydrogen) atoms. The van der Waals surface area contributed by atoms with E-state index in [0.29, 0.717) is 12.2 Å². The van der Waals surface area contributed by atoms with Crippen LogP contribution < -0.4 is 0 Å². The van der Waals surface area contributed by atoms with E-state index in [4.69, 9.17) is 9.52 Å². The largest absolute Gasteiger partial charge is 0.475 e. The molecule has 0 aliphatic heterocycles. The van der Waals surface area contributed by atoms with Gasteiger partial charge in [-0.25, -0.2) is 4.79 Å². The van der Waals surface area contributed by atoms with Gasteiger partial charge in [-0.3, -0.25) is 0 Å². The molecule has 0 aliphatic rings. The Kier molecular flexibility index (Phi) is 4.71. The Morgan fingerprint density at radius 3 is 2.87 bits per heavy atom. The summed E-state index contributed by atoms with van der Waals surface area (Å²) in [4.78, 5) is 10.5. The minimum Gasteiger partial charge on any atom is -0.475 e. The van der Waals surface area contributed by atoms with Crippen LogP contribution in [0.1, 0.15) is 35.8 Å². The Bertz CT molecular complexity index is 321. The number of carboxylic acid groups (broad SMARTS) is 1. The van der Waals surface area contributed by atoms with Gasteiger partial charge >= 0.3 is 5.97 Å². The number of aliphatic hydroxyl groups is 1. The van der Waals surface area contributed by atoms with E-state index in [9.17, 15) is 9.90 Å². The predicted octanol–water partition coefficient (Wildman–Crippen LogP) is 2.15. The lowest BCUT2D eigenvalue weighted by atomic mass is 10.2. The average Bonchev–Trinajstić information content (AvgIpc) is 2.66. The molecule has 0 saturated heterocycles. The van der Waals surface area contributed by atoms with Crippen molar-refractivity contribution in [3.8, 4) is 0 Å². The van der Waals surface area contributed by atoms with Gasteiger partial charge in [-0.05, 0) is 30.1 Å². The molecule has 1 aromatic rings. The van der Waals surface area contributed by atoms with Gasteiger partial charge in [-0.15, -0.1) is 0 Å². The first-order valence-corrected chi connectivity index (χ1v) is 5.89. The summed E-state index contributed by atoms with van der Waals surface area (Å²) in [6.45, 7) is 2.05. The van der Waals surface area contributed by atoms with E-state index in [1.165, 1.54) is 12.1 Å². The minimum absolute atomic E-state index is 0.132. The molecule has 0 bridgehead atoms. The molecule has 0 fully saturated rings. The van der Waals surface area contributed by atoms with Crippen LogP contribution in [0.5, 0.6) is 0 Å². The van der Waals surface area contributed by atoms with Gasteiger partial charge in [-0.1, -0.05) is 6.92 Å². The van der Waals surface area contributed by atoms with Gasteiger partial charge in [0.1, 0.15) is 11.9 Å². The van der Waals surface area contributed by atoms with Gasteiger partial charge in [0.25, 0.3) is 0 Å². The second-order valence-electron chi connectivity index (χ2n) is 3.01. The first-order chi connectivity index (χ1) is 7.15. The van der Waals surface area contributed by atoms with Crippen LogP contribution in [0.25, 0.3) is 0 Å². The molecule has 0 amide bonds. The van der Waals surface area contributed by atoms with Crippen LogP contribution >= 0.6 is 11.8 Å². The molecule has 1 heterocycles. The number of carboxylic acids is 1. The molecule has 1 aromatic heterocycles. The zero-order chi connectivity index (χ0) is 11.3. The summed E-state index contributed by atoms with van der Waals surface area (Å²) >= 11 is 1.73. The molecule has 2 N–H and O–H groups in total. The molecule has 1 rings (SSSR count). The van der Waals surface area contributed by atoms with Crippen LogP contribution in [-0.2, 0) is 0 Å². The van der Waals surface area contributed by atoms with Crippen molar-refractivity contribution in [1.29, 1.82) is 0 Å². The Labute approximate surface area is 92.3 Å². The summed E-state index contributed by atoms with van der Waals surface area (Å²) in [5.41, 5.74) is 0. The van der Waals surface area contributed by atoms with Gasteiger partial charge in [0.2, 0.25) is 5.76 Å². The Balaban J connectivity index is 2.50. The molecule has 1 atom stereocenters. The Morgan fingerprint density at radius 1 is 1.60 bits per heavy atom. The summed E-state index contributed by atoms with van der Waals surface area (Å²) in [6, 6.07) is 2.86. The molecule has 5 heteroatoms. The number of rotatable bonds is 6. The van der Waals surface area contributed by atoms with Crippen LogP contribution in [0.3, 0.4) is 0 Å². The number of hydrogen-bond donors (Lipinski definition) is 2. The van der Waals surface area contributed by atoms with Gasteiger partial charge in [0, 0.05) is 0 Å². The monoisotopic (exact) mass is 230 g/mol. The van der Waals surface area contributed by atoms with Crippen LogP contribution in [0.4, 0.5) is 0 Å². The molecule has 0 aromatic carbocycles. The number of carbonyl (C=O) groups is 1. The maximum Gasteiger partial charge on any atom is 0.371 e. The highest BCUT2D eigenvalue weighted by molar-refractivity contribution is 7.99. The van der Waals surface area contributed by atoms with Crippen molar-refractivity contribution in [1.82, 2.24) is 0 Å². The summed E-state index contributed by atoms with van der Waals surface area (Å²) in [5, 5.41) is 18.3. The molecule has 0 saturated carbocycles. The fourth-order valence-electron chi connectivity index (χ4n) is 1.13. The lowest BCUT2D eigenvalue weighted by molar-refractivity contribution is 0.0651. The second-order valence-corrected chi connectivity index (χ2v) is 4.40. The topological polar surface area (TPSA) is 70.7 Å². The third-order valence-corrected chi connectivity index (χ3v) is 2.84. The normalized spacial score (nSPS) is 12.7. The van der Waals surface area contributed by atoms with E-state index in [0.717, 1.165) is 11.5 Å². The summed E-state index contributed by atoms with van der Waals surface area (Å²) in [6.07, 6.45) is -0.136. The van der Waals surface area contributed by atoms with Crippen LogP contribution in [0.15, 0.2) is 16.5 Å². The van der Waals surface area contributed by atoms with Crippen LogP contribution in [0.2, 0.25) is 0 Å². The zero-order valence-electron chi connectivity index (χ0n) is 8.47. The molecule has 4 nitrogen and oxygen atoms in total. The van der Waals surface area contributed by atoms with Crippen molar-refractivity contribution >= 4 is 17.7 Å². The fraction of sp³-hybridized carbons (Fsp3) is 0.500. The number of furan rings is 1. The summed E-state index contributed by atoms with van der Waals surface area (Å²) in [5.74, 6) is 0.916. The van der Waals surface area contributed by atoms with E-state index >= 15 is 0 Å². The molecule has 0 radical (unpaired) electrons. The number of aromatic carboxylic acids is 1. The minimum atomic E-state index is -1.11. The highest BCUT2D eigenvalue weighted by atomic mass is 32.2. The highest BCUT2D eigenvalue weighted by Crippen LogP contribution is 2.21. The Hall–Kier alpha value is -0.940. The van der Waals surface area contributed by atoms with Crippen molar-refractivity contribution in [2.75, 3.05) is 11.5 Å². The first-order valence-electron chi connectivity index (χ1n) is 4.74. The number of aliphatic hydroxyl groups excluding tert-OH is 1. The van der Waals surface area contributed by atoms with Crippen LogP contribution in [-0.4, -0.2) is 27.7 Å². The van der Waals surface area contributed by atoms with Gasteiger partial charge in [0.15, 0.2) is 0 Å². The zero-order valence-corrected chi connectivity index (χ0v) is 9.29. The lowest BCUT2D eigenvalue weighted by Crippen LogP contribution is -1.98. The van der Waals surface area contributed by atoms with Crippen molar-refractivity contribution in [2.24, 2.45) is 0 Å². The van der Waals surface area contributed by atoms with Gasteiger partial charge in [-0.2, -0.15) is 11.8 Å². The third-order valence-electron chi connectivity index (χ3n) is 1.91. The fourth-order valence-corrected chi connectivity index (χ4v) is 1.81. The maximum atomic E-state index is 10.5. The van der Waals surface area contributed by atoms with E-state index in [-0.39, 0.29) is 5.76 Å². The van der Waals surface area contributed by atoms with E-state index in [1.54, 1.807) is 11.8 Å². The number of thioether (sulfide) groups is 1. The van der Waals surface area contributed by atoms with Crippen molar-refractivity contribution in [2.45, 2.75) is 19.4 Å². The highest BCUT2D eigenvalue weighted by Gasteiger charge is 2.15. The van der Waals surface area contributed by atoms with Crippen molar-refractivity contribution in [3.05, 3.63) is 23.7 Å². The van der Waals surface area contributed by atoms with E-state index in [1.807, 2.05) is 6.92 Å². The molecule has 0 aliphatic carbocycles. The molecule has 84 valence electrons. The quantitative estimate of drug-likeness (QED) is 0.733. The molecule has 0 spiro atoms. The van der Waals surface area contributed by atoms with E-state index in [2.05, 4.69) is 0 Å². The first kappa shape index (κ1) is 12.1. The van der Waals surface area contributed by atoms with Crippen molar-refractivity contribution in [3.63, 3.8) is 0 Å². The van der Waals surface area contributed by atoms with Crippen molar-refractivity contribution < 1.29 is 19.4 Å². The SMILES string of the molecule is CCSCCC(O)c1ccc(C(=O)O)o1. The molecular weight excluding hydrogens is 216 g/mol. The smallest absolute Gasteiger partial charge is 0.371 e. The standard InChI is InChI=1S/C10H14O4S/c1-2-15-6-5-7(11)8-3-4-9(14-8)10(12)13/h3-4,7,11H,2,5-6H2,1H3,(H,12,13). The molecule has 1 unspecified atom stereocenters. The van der Waals surface area contributed by atoms with E-state index < -0.39 is 12.1 Å². The molecular formula is C10H14O4S. The third kappa shape index (κ3) is 3.60. The maximum absolute atomic E-state index is 10.5. The van der Waals surface area contributed by atoms with Crippen LogP contribution in [0, 0.1) is 0 Å². The second kappa shape index (κ2) is 5.82. The predicted molar refractivity (Wildman–Crippen MR) is 58.2 cm³/mol. The lowest BCUT2D eigenvalue weighted by Gasteiger charge is -2.06. The summed E-state index contributed by atoms with van der Waals surface area (Å²) in [7, 11) is 0. The van der Waals surface area contributed by atoms with Gasteiger partial charge < -0.3 is 14.6 Å². The summed E-state index contributed by atoms with van der Waals surface area (Å²) < 4.78 is 4.98. The number of hydrogen-bond acceptors (Lipinski definition) is 4. The Morgan fingerprint density at radius 2 is 2.33 bits per heavy atom.